The zero-order valence-electron chi connectivity index (χ0n) is 14.3. The maximum atomic E-state index is 12.6. The number of carbonyl (C=O) groups excluding carboxylic acids is 1. The van der Waals surface area contributed by atoms with E-state index in [-0.39, 0.29) is 6.61 Å². The lowest BCUT2D eigenvalue weighted by Crippen LogP contribution is -2.12. The highest BCUT2D eigenvalue weighted by Gasteiger charge is 2.21. The molecule has 0 fully saturated rings. The first-order chi connectivity index (χ1) is 12.0. The zero-order valence-corrected chi connectivity index (χ0v) is 16.0. The number of aryl methyl sites for hydroxylation is 3. The van der Waals surface area contributed by atoms with Crippen LogP contribution in [0.5, 0.6) is 0 Å². The average Bonchev–Trinajstić information content (AvgIpc) is 3.23. The van der Waals surface area contributed by atoms with Crippen LogP contribution in [0, 0.1) is 20.8 Å². The second kappa shape index (κ2) is 7.37. The Bertz CT molecular complexity index is 885. The van der Waals surface area contributed by atoms with Crippen LogP contribution in [-0.2, 0) is 11.3 Å². The molecule has 0 spiro atoms. The van der Waals surface area contributed by atoms with Gasteiger partial charge in [0.2, 0.25) is 0 Å². The molecule has 3 heterocycles. The molecule has 8 heteroatoms. The van der Waals surface area contributed by atoms with Gasteiger partial charge in [-0.1, -0.05) is 11.2 Å². The Kier molecular flexibility index (Phi) is 5.19. The normalized spacial score (nSPS) is 10.9. The van der Waals surface area contributed by atoms with Gasteiger partial charge in [0.15, 0.2) is 5.82 Å². The van der Waals surface area contributed by atoms with Crippen molar-refractivity contribution in [3.63, 3.8) is 0 Å². The number of esters is 1. The number of thiophene rings is 1. The van der Waals surface area contributed by atoms with Crippen LogP contribution in [0.1, 0.15) is 33.1 Å². The summed E-state index contributed by atoms with van der Waals surface area (Å²) in [6, 6.07) is 3.91. The second-order valence-corrected chi connectivity index (χ2v) is 7.12. The van der Waals surface area contributed by atoms with Gasteiger partial charge < -0.3 is 9.26 Å². The minimum Gasteiger partial charge on any atom is -0.457 e. The standard InChI is InChI=1S/C17H17N3O3S2/c1-9-12(11(3)23-20-9)8-22-17(21)14-10(2)18-15(19-16(14)24-4)13-6-5-7-25-13/h5-7H,8H2,1-4H3. The van der Waals surface area contributed by atoms with E-state index < -0.39 is 5.97 Å². The number of aromatic nitrogens is 3. The number of hydrogen-bond donors (Lipinski definition) is 0. The van der Waals surface area contributed by atoms with Crippen LogP contribution in [0.3, 0.4) is 0 Å². The number of hydrogen-bond acceptors (Lipinski definition) is 8. The van der Waals surface area contributed by atoms with Crippen molar-refractivity contribution in [3.8, 4) is 10.7 Å². The summed E-state index contributed by atoms with van der Waals surface area (Å²) in [4.78, 5) is 22.6. The molecule has 0 bridgehead atoms. The molecule has 0 saturated carbocycles. The molecule has 3 rings (SSSR count). The largest absolute Gasteiger partial charge is 0.457 e. The Hall–Kier alpha value is -2.19. The molecular weight excluding hydrogens is 358 g/mol. The Morgan fingerprint density at radius 1 is 1.28 bits per heavy atom. The smallest absolute Gasteiger partial charge is 0.343 e. The molecular formula is C17H17N3O3S2. The van der Waals surface area contributed by atoms with Crippen LogP contribution >= 0.6 is 23.1 Å². The topological polar surface area (TPSA) is 78.1 Å². The summed E-state index contributed by atoms with van der Waals surface area (Å²) in [5.74, 6) is 0.829. The van der Waals surface area contributed by atoms with Crippen LogP contribution in [0.2, 0.25) is 0 Å². The van der Waals surface area contributed by atoms with Gasteiger partial charge in [0.25, 0.3) is 0 Å². The van der Waals surface area contributed by atoms with Gasteiger partial charge in [0.05, 0.1) is 21.8 Å². The highest BCUT2D eigenvalue weighted by molar-refractivity contribution is 7.98. The van der Waals surface area contributed by atoms with Crippen molar-refractivity contribution in [2.24, 2.45) is 0 Å². The van der Waals surface area contributed by atoms with Crippen molar-refractivity contribution in [3.05, 3.63) is 45.8 Å². The molecule has 3 aromatic rings. The minimum absolute atomic E-state index is 0.111. The van der Waals surface area contributed by atoms with Crippen molar-refractivity contribution in [1.82, 2.24) is 15.1 Å². The Morgan fingerprint density at radius 3 is 2.68 bits per heavy atom. The lowest BCUT2D eigenvalue weighted by atomic mass is 10.2. The highest BCUT2D eigenvalue weighted by Crippen LogP contribution is 2.28. The Morgan fingerprint density at radius 2 is 2.08 bits per heavy atom. The van der Waals surface area contributed by atoms with Crippen LogP contribution in [0.15, 0.2) is 27.1 Å². The van der Waals surface area contributed by atoms with Gasteiger partial charge in [-0.05, 0) is 38.5 Å². The molecule has 25 heavy (non-hydrogen) atoms. The van der Waals surface area contributed by atoms with Gasteiger partial charge >= 0.3 is 5.97 Å². The van der Waals surface area contributed by atoms with E-state index in [1.54, 1.807) is 25.2 Å². The third-order valence-corrected chi connectivity index (χ3v) is 5.27. The molecule has 0 atom stereocenters. The maximum Gasteiger partial charge on any atom is 0.343 e. The van der Waals surface area contributed by atoms with Crippen molar-refractivity contribution in [2.75, 3.05) is 6.26 Å². The summed E-state index contributed by atoms with van der Waals surface area (Å²) in [5, 5.41) is 6.45. The molecule has 3 aromatic heterocycles. The molecule has 6 nitrogen and oxygen atoms in total. The number of carbonyl (C=O) groups is 1. The molecule has 130 valence electrons. The molecule has 0 N–H and O–H groups in total. The van der Waals surface area contributed by atoms with E-state index in [4.69, 9.17) is 9.26 Å². The SMILES string of the molecule is CSc1nc(-c2cccs2)nc(C)c1C(=O)OCc1c(C)noc1C. The van der Waals surface area contributed by atoms with E-state index in [1.807, 2.05) is 30.7 Å². The third kappa shape index (κ3) is 3.59. The molecule has 0 aliphatic heterocycles. The van der Waals surface area contributed by atoms with E-state index in [1.165, 1.54) is 11.8 Å². The number of ether oxygens (including phenoxy) is 1. The summed E-state index contributed by atoms with van der Waals surface area (Å²) >= 11 is 2.96. The first kappa shape index (κ1) is 17.6. The fourth-order valence-electron chi connectivity index (χ4n) is 2.36. The summed E-state index contributed by atoms with van der Waals surface area (Å²) in [6.07, 6.45) is 1.88. The summed E-state index contributed by atoms with van der Waals surface area (Å²) < 4.78 is 10.5. The lowest BCUT2D eigenvalue weighted by molar-refractivity contribution is 0.0464. The number of thioether (sulfide) groups is 1. The average molecular weight is 375 g/mol. The highest BCUT2D eigenvalue weighted by atomic mass is 32.2. The summed E-state index contributed by atoms with van der Waals surface area (Å²) in [7, 11) is 0. The van der Waals surface area contributed by atoms with E-state index in [0.29, 0.717) is 27.9 Å². The van der Waals surface area contributed by atoms with Crippen molar-refractivity contribution >= 4 is 29.1 Å². The molecule has 0 amide bonds. The van der Waals surface area contributed by atoms with Crippen LogP contribution in [0.25, 0.3) is 10.7 Å². The van der Waals surface area contributed by atoms with Crippen LogP contribution in [-0.4, -0.2) is 27.3 Å². The fourth-order valence-corrected chi connectivity index (χ4v) is 3.63. The van der Waals surface area contributed by atoms with E-state index in [2.05, 4.69) is 15.1 Å². The van der Waals surface area contributed by atoms with E-state index >= 15 is 0 Å². The monoisotopic (exact) mass is 375 g/mol. The van der Waals surface area contributed by atoms with Gasteiger partial charge in [0, 0.05) is 0 Å². The summed E-state index contributed by atoms with van der Waals surface area (Å²) in [5.41, 5.74) is 2.51. The molecule has 0 radical (unpaired) electrons. The molecule has 0 aromatic carbocycles. The fraction of sp³-hybridized carbons (Fsp3) is 0.294. The van der Waals surface area contributed by atoms with E-state index in [9.17, 15) is 4.79 Å². The molecule has 0 saturated heterocycles. The predicted octanol–water partition coefficient (Wildman–Crippen LogP) is 4.20. The van der Waals surface area contributed by atoms with Crippen molar-refractivity contribution in [1.29, 1.82) is 0 Å². The van der Waals surface area contributed by atoms with Gasteiger partial charge in [-0.25, -0.2) is 14.8 Å². The predicted molar refractivity (Wildman–Crippen MR) is 97.0 cm³/mol. The van der Waals surface area contributed by atoms with E-state index in [0.717, 1.165) is 16.1 Å². The third-order valence-electron chi connectivity index (χ3n) is 3.72. The number of rotatable bonds is 5. The first-order valence-corrected chi connectivity index (χ1v) is 9.67. The van der Waals surface area contributed by atoms with Gasteiger partial charge in [0.1, 0.15) is 23.0 Å². The van der Waals surface area contributed by atoms with Gasteiger partial charge in [-0.3, -0.25) is 0 Å². The van der Waals surface area contributed by atoms with Crippen molar-refractivity contribution < 1.29 is 14.1 Å². The second-order valence-electron chi connectivity index (χ2n) is 5.37. The minimum atomic E-state index is -0.445. The Labute approximate surface area is 153 Å². The number of nitrogens with zero attached hydrogens (tertiary/aromatic N) is 3. The van der Waals surface area contributed by atoms with Crippen LogP contribution in [0.4, 0.5) is 0 Å². The first-order valence-electron chi connectivity index (χ1n) is 7.56. The quantitative estimate of drug-likeness (QED) is 0.376. The molecule has 0 unspecified atom stereocenters. The summed E-state index contributed by atoms with van der Waals surface area (Å²) in [6.45, 7) is 5.52. The zero-order chi connectivity index (χ0) is 18.0. The van der Waals surface area contributed by atoms with Crippen LogP contribution < -0.4 is 0 Å². The Balaban J connectivity index is 1.87. The molecule has 0 aliphatic rings. The lowest BCUT2D eigenvalue weighted by Gasteiger charge is -2.11. The van der Waals surface area contributed by atoms with Gasteiger partial charge in [-0.15, -0.1) is 23.1 Å². The van der Waals surface area contributed by atoms with Crippen molar-refractivity contribution in [2.45, 2.75) is 32.4 Å². The molecule has 0 aliphatic carbocycles. The van der Waals surface area contributed by atoms with Gasteiger partial charge in [-0.2, -0.15) is 0 Å². The maximum absolute atomic E-state index is 12.6.